The monoisotopic (exact) mass is 249 g/mol. The lowest BCUT2D eigenvalue weighted by molar-refractivity contribution is -0.142. The number of hydrogen-bond acceptors (Lipinski definition) is 4. The molecule has 1 aromatic rings. The Hall–Kier alpha value is -1.76. The first-order chi connectivity index (χ1) is 7.95. The second-order valence-electron chi connectivity index (χ2n) is 3.06. The molecule has 0 bridgehead atoms. The molecule has 0 fully saturated rings. The van der Waals surface area contributed by atoms with E-state index in [1.807, 2.05) is 0 Å². The molecule has 0 saturated heterocycles. The first-order valence-corrected chi connectivity index (χ1v) is 4.53. The van der Waals surface area contributed by atoms with Crippen LogP contribution in [0, 0.1) is 5.82 Å². The van der Waals surface area contributed by atoms with Gasteiger partial charge in [-0.15, -0.1) is 0 Å². The first-order valence-electron chi connectivity index (χ1n) is 4.53. The van der Waals surface area contributed by atoms with Gasteiger partial charge < -0.3 is 15.2 Å². The Labute approximate surface area is 95.1 Å². The number of carbonyl (C=O) groups is 1. The van der Waals surface area contributed by atoms with Gasteiger partial charge in [-0.1, -0.05) is 6.07 Å². The number of methoxy groups -OCH3 is 1. The Morgan fingerprint density at radius 3 is 2.53 bits per heavy atom. The molecule has 0 aliphatic heterocycles. The lowest BCUT2D eigenvalue weighted by atomic mass is 10.1. The van der Waals surface area contributed by atoms with Crippen LogP contribution in [-0.4, -0.2) is 19.7 Å². The van der Waals surface area contributed by atoms with Gasteiger partial charge in [0.1, 0.15) is 17.6 Å². The molecule has 4 nitrogen and oxygen atoms in total. The van der Waals surface area contributed by atoms with Crippen LogP contribution < -0.4 is 10.5 Å². The van der Waals surface area contributed by atoms with E-state index in [2.05, 4.69) is 9.47 Å². The number of benzene rings is 1. The Morgan fingerprint density at radius 2 is 2.06 bits per heavy atom. The van der Waals surface area contributed by atoms with Gasteiger partial charge in [-0.3, -0.25) is 4.79 Å². The molecule has 94 valence electrons. The van der Waals surface area contributed by atoms with Crippen LogP contribution in [0.15, 0.2) is 18.2 Å². The molecule has 0 aliphatic rings. The summed E-state index contributed by atoms with van der Waals surface area (Å²) in [5.74, 6) is -2.09. The summed E-state index contributed by atoms with van der Waals surface area (Å²) in [6, 6.07) is 1.60. The van der Waals surface area contributed by atoms with Crippen LogP contribution in [0.2, 0.25) is 0 Å². The van der Waals surface area contributed by atoms with E-state index in [4.69, 9.17) is 5.73 Å². The third kappa shape index (κ3) is 3.35. The summed E-state index contributed by atoms with van der Waals surface area (Å²) in [6.45, 7) is -3.05. The molecule has 2 N–H and O–H groups in total. The molecule has 0 aliphatic carbocycles. The van der Waals surface area contributed by atoms with E-state index in [1.54, 1.807) is 0 Å². The van der Waals surface area contributed by atoms with Crippen LogP contribution in [0.1, 0.15) is 11.6 Å². The summed E-state index contributed by atoms with van der Waals surface area (Å²) in [5, 5.41) is 0. The van der Waals surface area contributed by atoms with Crippen LogP contribution in [0.4, 0.5) is 13.2 Å². The Bertz CT molecular complexity index is 412. The average molecular weight is 249 g/mol. The predicted molar refractivity (Wildman–Crippen MR) is 52.0 cm³/mol. The van der Waals surface area contributed by atoms with E-state index < -0.39 is 24.4 Å². The molecule has 0 aromatic heterocycles. The Balaban J connectivity index is 2.93. The van der Waals surface area contributed by atoms with Gasteiger partial charge in [-0.05, 0) is 6.07 Å². The number of nitrogens with two attached hydrogens (primary N) is 1. The molecule has 1 atom stereocenters. The topological polar surface area (TPSA) is 61.5 Å². The summed E-state index contributed by atoms with van der Waals surface area (Å²) in [7, 11) is 1.11. The van der Waals surface area contributed by atoms with E-state index in [-0.39, 0.29) is 11.3 Å². The normalized spacial score (nSPS) is 12.4. The molecule has 1 rings (SSSR count). The number of carbonyl (C=O) groups excluding carboxylic acids is 1. The standard InChI is InChI=1S/C10H10F3NO3/c1-16-9(15)8(14)6-3-2-5(4-7(6)11)17-10(12)13/h2-4,8,10H,14H2,1H3. The fourth-order valence-electron chi connectivity index (χ4n) is 1.19. The zero-order valence-corrected chi connectivity index (χ0v) is 8.82. The van der Waals surface area contributed by atoms with Crippen LogP contribution in [0.25, 0.3) is 0 Å². The molecular formula is C10H10F3NO3. The molecule has 0 spiro atoms. The van der Waals surface area contributed by atoms with Crippen molar-refractivity contribution in [2.75, 3.05) is 7.11 Å². The van der Waals surface area contributed by atoms with Crippen molar-refractivity contribution in [3.05, 3.63) is 29.6 Å². The number of hydrogen-bond donors (Lipinski definition) is 1. The molecule has 17 heavy (non-hydrogen) atoms. The maximum absolute atomic E-state index is 13.4. The molecule has 7 heteroatoms. The van der Waals surface area contributed by atoms with Gasteiger partial charge >= 0.3 is 12.6 Å². The molecule has 1 unspecified atom stereocenters. The van der Waals surface area contributed by atoms with Gasteiger partial charge in [0.25, 0.3) is 0 Å². The van der Waals surface area contributed by atoms with Crippen LogP contribution in [0.3, 0.4) is 0 Å². The predicted octanol–water partition coefficient (Wildman–Crippen LogP) is 1.60. The van der Waals surface area contributed by atoms with Crippen molar-refractivity contribution >= 4 is 5.97 Å². The zero-order valence-electron chi connectivity index (χ0n) is 8.82. The summed E-state index contributed by atoms with van der Waals surface area (Å²) >= 11 is 0. The van der Waals surface area contributed by atoms with E-state index in [9.17, 15) is 18.0 Å². The molecule has 0 heterocycles. The highest BCUT2D eigenvalue weighted by molar-refractivity contribution is 5.77. The van der Waals surface area contributed by atoms with E-state index in [0.717, 1.165) is 25.3 Å². The third-order valence-electron chi connectivity index (χ3n) is 1.99. The molecule has 0 radical (unpaired) electrons. The summed E-state index contributed by atoms with van der Waals surface area (Å²) in [6.07, 6.45) is 0. The van der Waals surface area contributed by atoms with Crippen molar-refractivity contribution in [1.29, 1.82) is 0 Å². The molecule has 1 aromatic carbocycles. The van der Waals surface area contributed by atoms with E-state index in [0.29, 0.717) is 0 Å². The molecule has 0 saturated carbocycles. The van der Waals surface area contributed by atoms with Crippen molar-refractivity contribution in [3.63, 3.8) is 0 Å². The van der Waals surface area contributed by atoms with Crippen molar-refractivity contribution < 1.29 is 27.4 Å². The highest BCUT2D eigenvalue weighted by Gasteiger charge is 2.20. The summed E-state index contributed by atoms with van der Waals surface area (Å²) in [4.78, 5) is 11.1. The van der Waals surface area contributed by atoms with Crippen LogP contribution >= 0.6 is 0 Å². The fourth-order valence-corrected chi connectivity index (χ4v) is 1.19. The van der Waals surface area contributed by atoms with Crippen molar-refractivity contribution in [3.8, 4) is 5.75 Å². The second-order valence-corrected chi connectivity index (χ2v) is 3.06. The average Bonchev–Trinajstić information content (AvgIpc) is 2.26. The largest absolute Gasteiger partial charge is 0.468 e. The highest BCUT2D eigenvalue weighted by atomic mass is 19.3. The van der Waals surface area contributed by atoms with Crippen LogP contribution in [-0.2, 0) is 9.53 Å². The number of ether oxygens (including phenoxy) is 2. The minimum absolute atomic E-state index is 0.154. The SMILES string of the molecule is COC(=O)C(N)c1ccc(OC(F)F)cc1F. The molecule has 0 amide bonds. The smallest absolute Gasteiger partial charge is 0.387 e. The van der Waals surface area contributed by atoms with Gasteiger partial charge in [0.15, 0.2) is 0 Å². The number of halogens is 3. The van der Waals surface area contributed by atoms with E-state index in [1.165, 1.54) is 0 Å². The fraction of sp³-hybridized carbons (Fsp3) is 0.300. The van der Waals surface area contributed by atoms with Gasteiger partial charge in [-0.2, -0.15) is 8.78 Å². The maximum atomic E-state index is 13.4. The van der Waals surface area contributed by atoms with Crippen molar-refractivity contribution in [1.82, 2.24) is 0 Å². The summed E-state index contributed by atoms with van der Waals surface area (Å²) in [5.41, 5.74) is 5.24. The molecular weight excluding hydrogens is 239 g/mol. The number of alkyl halides is 2. The Kier molecular flexibility index (Phi) is 4.33. The van der Waals surface area contributed by atoms with Gasteiger partial charge in [0.05, 0.1) is 7.11 Å². The van der Waals surface area contributed by atoms with Gasteiger partial charge in [0, 0.05) is 11.6 Å². The Morgan fingerprint density at radius 1 is 1.41 bits per heavy atom. The van der Waals surface area contributed by atoms with E-state index >= 15 is 0 Å². The minimum Gasteiger partial charge on any atom is -0.468 e. The number of esters is 1. The first kappa shape index (κ1) is 13.3. The minimum atomic E-state index is -3.05. The summed E-state index contributed by atoms with van der Waals surface area (Å²) < 4.78 is 45.5. The van der Waals surface area contributed by atoms with Gasteiger partial charge in [-0.25, -0.2) is 4.39 Å². The zero-order chi connectivity index (χ0) is 13.0. The van der Waals surface area contributed by atoms with Crippen molar-refractivity contribution in [2.24, 2.45) is 5.73 Å². The van der Waals surface area contributed by atoms with Gasteiger partial charge in [0.2, 0.25) is 0 Å². The van der Waals surface area contributed by atoms with Crippen LogP contribution in [0.5, 0.6) is 5.75 Å². The third-order valence-corrected chi connectivity index (χ3v) is 1.99. The lowest BCUT2D eigenvalue weighted by Crippen LogP contribution is -2.23. The quantitative estimate of drug-likeness (QED) is 0.823. The van der Waals surface area contributed by atoms with Crippen molar-refractivity contribution in [2.45, 2.75) is 12.7 Å². The lowest BCUT2D eigenvalue weighted by Gasteiger charge is -2.11. The second kappa shape index (κ2) is 5.53. The maximum Gasteiger partial charge on any atom is 0.387 e. The highest BCUT2D eigenvalue weighted by Crippen LogP contribution is 2.22. The number of rotatable bonds is 4.